The molecule has 4 nitrogen and oxygen atoms in total. The maximum atomic E-state index is 12.5. The number of aryl methyl sites for hydroxylation is 2. The molecule has 0 unspecified atom stereocenters. The number of carbonyl (C=O) groups is 1. The number of thioether (sulfide) groups is 1. The predicted molar refractivity (Wildman–Crippen MR) is 88.4 cm³/mol. The van der Waals surface area contributed by atoms with Crippen LogP contribution in [0.25, 0.3) is 0 Å². The molecule has 0 amide bonds. The van der Waals surface area contributed by atoms with Crippen molar-refractivity contribution in [2.24, 2.45) is 0 Å². The summed E-state index contributed by atoms with van der Waals surface area (Å²) >= 11 is 1.52. The van der Waals surface area contributed by atoms with Crippen molar-refractivity contribution >= 4 is 17.5 Å². The Bertz CT molecular complexity index is 663. The van der Waals surface area contributed by atoms with Gasteiger partial charge in [-0.1, -0.05) is 48.0 Å². The van der Waals surface area contributed by atoms with Crippen molar-refractivity contribution in [1.29, 1.82) is 0 Å². The van der Waals surface area contributed by atoms with Gasteiger partial charge >= 0.3 is 0 Å². The number of hydrogen-bond acceptors (Lipinski definition) is 4. The average molecular weight is 315 g/mol. The molecule has 1 aliphatic heterocycles. The summed E-state index contributed by atoms with van der Waals surface area (Å²) < 4.78 is 2.19. The molecule has 5 heteroatoms. The number of Topliss-reactive ketones (excluding diaryl/α,β-unsaturated/α-hetero) is 1. The van der Waals surface area contributed by atoms with Gasteiger partial charge in [0, 0.05) is 18.5 Å². The lowest BCUT2D eigenvalue weighted by Gasteiger charge is -2.11. The fourth-order valence-corrected chi connectivity index (χ4v) is 3.68. The van der Waals surface area contributed by atoms with Gasteiger partial charge in [-0.25, -0.2) is 0 Å². The molecule has 2 aromatic rings. The Balaban J connectivity index is 1.74. The Morgan fingerprint density at radius 3 is 2.73 bits per heavy atom. The van der Waals surface area contributed by atoms with Crippen molar-refractivity contribution in [2.75, 3.05) is 0 Å². The molecule has 0 N–H and O–H groups in total. The van der Waals surface area contributed by atoms with E-state index in [1.165, 1.54) is 36.6 Å². The number of fused-ring (bicyclic) bond motifs is 1. The van der Waals surface area contributed by atoms with E-state index in [1.54, 1.807) is 0 Å². The van der Waals surface area contributed by atoms with E-state index in [4.69, 9.17) is 0 Å². The van der Waals surface area contributed by atoms with Gasteiger partial charge in [0.1, 0.15) is 5.82 Å². The van der Waals surface area contributed by atoms with Gasteiger partial charge < -0.3 is 4.57 Å². The third kappa shape index (κ3) is 3.24. The van der Waals surface area contributed by atoms with Crippen LogP contribution in [0, 0.1) is 6.92 Å². The molecule has 1 aromatic carbocycles. The van der Waals surface area contributed by atoms with E-state index >= 15 is 0 Å². The quantitative estimate of drug-likeness (QED) is 0.638. The van der Waals surface area contributed by atoms with E-state index in [2.05, 4.69) is 14.8 Å². The summed E-state index contributed by atoms with van der Waals surface area (Å²) in [4.78, 5) is 12.5. The summed E-state index contributed by atoms with van der Waals surface area (Å²) in [6.45, 7) is 4.94. The number of aromatic nitrogens is 3. The number of carbonyl (C=O) groups excluding carboxylic acids is 1. The molecule has 22 heavy (non-hydrogen) atoms. The molecular formula is C17H21N3OS. The van der Waals surface area contributed by atoms with Crippen LogP contribution in [0.3, 0.4) is 0 Å². The average Bonchev–Trinajstić information content (AvgIpc) is 2.75. The number of rotatable bonds is 4. The molecule has 1 atom stereocenters. The first kappa shape index (κ1) is 15.3. The van der Waals surface area contributed by atoms with Gasteiger partial charge in [0.25, 0.3) is 0 Å². The minimum Gasteiger partial charge on any atom is -0.306 e. The molecule has 0 saturated carbocycles. The van der Waals surface area contributed by atoms with E-state index in [-0.39, 0.29) is 11.0 Å². The SMILES string of the molecule is Cc1ccc(C(=O)[C@@H](C)Sc2nnc3n2CCCCC3)cc1. The van der Waals surface area contributed by atoms with Crippen molar-refractivity contribution in [1.82, 2.24) is 14.8 Å². The number of hydrogen-bond donors (Lipinski definition) is 0. The highest BCUT2D eigenvalue weighted by Gasteiger charge is 2.21. The third-order valence-corrected chi connectivity index (χ3v) is 5.14. The summed E-state index contributed by atoms with van der Waals surface area (Å²) in [7, 11) is 0. The van der Waals surface area contributed by atoms with Crippen molar-refractivity contribution in [3.05, 3.63) is 41.2 Å². The van der Waals surface area contributed by atoms with Crippen LogP contribution in [-0.4, -0.2) is 25.8 Å². The molecule has 3 rings (SSSR count). The second-order valence-corrected chi connectivity index (χ2v) is 7.16. The smallest absolute Gasteiger partial charge is 0.191 e. The molecule has 0 bridgehead atoms. The second kappa shape index (κ2) is 6.65. The molecular weight excluding hydrogens is 294 g/mol. The number of nitrogens with zero attached hydrogens (tertiary/aromatic N) is 3. The lowest BCUT2D eigenvalue weighted by atomic mass is 10.1. The highest BCUT2D eigenvalue weighted by molar-refractivity contribution is 8.00. The van der Waals surface area contributed by atoms with Crippen molar-refractivity contribution < 1.29 is 4.79 Å². The summed E-state index contributed by atoms with van der Waals surface area (Å²) in [6.07, 6.45) is 4.58. The van der Waals surface area contributed by atoms with Crippen LogP contribution in [0.15, 0.2) is 29.4 Å². The first-order valence-corrected chi connectivity index (χ1v) is 8.73. The lowest BCUT2D eigenvalue weighted by molar-refractivity contribution is 0.0994. The summed E-state index contributed by atoms with van der Waals surface area (Å²) in [5.41, 5.74) is 1.93. The molecule has 0 spiro atoms. The zero-order valence-corrected chi connectivity index (χ0v) is 13.9. The first-order valence-electron chi connectivity index (χ1n) is 7.85. The zero-order chi connectivity index (χ0) is 15.5. The fourth-order valence-electron chi connectivity index (χ4n) is 2.71. The van der Waals surface area contributed by atoms with E-state index in [1.807, 2.05) is 38.1 Å². The maximum Gasteiger partial charge on any atom is 0.191 e. The van der Waals surface area contributed by atoms with Crippen LogP contribution in [-0.2, 0) is 13.0 Å². The summed E-state index contributed by atoms with van der Waals surface area (Å²) in [5, 5.41) is 9.31. The standard InChI is InChI=1S/C17H21N3OS/c1-12-7-9-14(10-8-12)16(21)13(2)22-17-19-18-15-6-4-3-5-11-20(15)17/h7-10,13H,3-6,11H2,1-2H3/t13-/m1/s1. The van der Waals surface area contributed by atoms with Crippen LogP contribution >= 0.6 is 11.8 Å². The Morgan fingerprint density at radius 2 is 1.95 bits per heavy atom. The number of ketones is 1. The van der Waals surface area contributed by atoms with E-state index < -0.39 is 0 Å². The predicted octanol–water partition coefficient (Wildman–Crippen LogP) is 3.68. The van der Waals surface area contributed by atoms with E-state index in [0.29, 0.717) is 0 Å². The van der Waals surface area contributed by atoms with Crippen molar-refractivity contribution in [2.45, 2.75) is 56.5 Å². The van der Waals surface area contributed by atoms with Crippen LogP contribution in [0.2, 0.25) is 0 Å². The van der Waals surface area contributed by atoms with E-state index in [0.717, 1.165) is 29.5 Å². The van der Waals surface area contributed by atoms with E-state index in [9.17, 15) is 4.79 Å². The Labute approximate surface area is 135 Å². The number of benzene rings is 1. The van der Waals surface area contributed by atoms with Gasteiger partial charge in [-0.3, -0.25) is 4.79 Å². The highest BCUT2D eigenvalue weighted by atomic mass is 32.2. The normalized spacial score (nSPS) is 15.9. The monoisotopic (exact) mass is 315 g/mol. The molecule has 0 saturated heterocycles. The minimum absolute atomic E-state index is 0.149. The Hall–Kier alpha value is -1.62. The molecule has 0 radical (unpaired) electrons. The van der Waals surface area contributed by atoms with Crippen molar-refractivity contribution in [3.63, 3.8) is 0 Å². The van der Waals surface area contributed by atoms with Gasteiger partial charge in [0.15, 0.2) is 10.9 Å². The second-order valence-electron chi connectivity index (χ2n) is 5.85. The molecule has 1 aromatic heterocycles. The van der Waals surface area contributed by atoms with Gasteiger partial charge in [-0.15, -0.1) is 10.2 Å². The molecule has 0 aliphatic carbocycles. The largest absolute Gasteiger partial charge is 0.306 e. The molecule has 1 aliphatic rings. The Morgan fingerprint density at radius 1 is 1.18 bits per heavy atom. The fraction of sp³-hybridized carbons (Fsp3) is 0.471. The van der Waals surface area contributed by atoms with Gasteiger partial charge in [0.05, 0.1) is 5.25 Å². The topological polar surface area (TPSA) is 47.8 Å². The van der Waals surface area contributed by atoms with Gasteiger partial charge in [-0.2, -0.15) is 0 Å². The van der Waals surface area contributed by atoms with Crippen LogP contribution < -0.4 is 0 Å². The summed E-state index contributed by atoms with van der Waals surface area (Å²) in [6, 6.07) is 7.76. The first-order chi connectivity index (χ1) is 10.6. The Kier molecular flexibility index (Phi) is 4.62. The summed E-state index contributed by atoms with van der Waals surface area (Å²) in [5.74, 6) is 1.21. The maximum absolute atomic E-state index is 12.5. The zero-order valence-electron chi connectivity index (χ0n) is 13.1. The third-order valence-electron chi connectivity index (χ3n) is 4.06. The van der Waals surface area contributed by atoms with Crippen LogP contribution in [0.1, 0.15) is 47.9 Å². The molecule has 0 fully saturated rings. The molecule has 2 heterocycles. The van der Waals surface area contributed by atoms with Gasteiger partial charge in [0.2, 0.25) is 0 Å². The van der Waals surface area contributed by atoms with Crippen LogP contribution in [0.4, 0.5) is 0 Å². The highest BCUT2D eigenvalue weighted by Crippen LogP contribution is 2.27. The molecule has 116 valence electrons. The minimum atomic E-state index is -0.153. The lowest BCUT2D eigenvalue weighted by Crippen LogP contribution is -2.15. The van der Waals surface area contributed by atoms with Gasteiger partial charge in [-0.05, 0) is 26.7 Å². The van der Waals surface area contributed by atoms with Crippen LogP contribution in [0.5, 0.6) is 0 Å². The van der Waals surface area contributed by atoms with Crippen molar-refractivity contribution in [3.8, 4) is 0 Å².